The van der Waals surface area contributed by atoms with Gasteiger partial charge in [-0.25, -0.2) is 9.67 Å². The first-order valence-corrected chi connectivity index (χ1v) is 8.29. The molecule has 1 aliphatic heterocycles. The molecule has 1 amide bonds. The largest absolute Gasteiger partial charge is 0.493 e. The van der Waals surface area contributed by atoms with Crippen molar-refractivity contribution in [1.82, 2.24) is 20.1 Å². The van der Waals surface area contributed by atoms with Gasteiger partial charge in [0.2, 0.25) is 0 Å². The third-order valence-electron chi connectivity index (χ3n) is 4.29. The van der Waals surface area contributed by atoms with Crippen molar-refractivity contribution in [2.45, 2.75) is 18.9 Å². The van der Waals surface area contributed by atoms with Crippen LogP contribution < -0.4 is 10.1 Å². The molecule has 0 bridgehead atoms. The lowest BCUT2D eigenvalue weighted by molar-refractivity contribution is 0.0934. The summed E-state index contributed by atoms with van der Waals surface area (Å²) in [4.78, 5) is 16.7. The number of ether oxygens (including phenoxy) is 1. The fourth-order valence-electron chi connectivity index (χ4n) is 3.05. The molecule has 3 aromatic rings. The van der Waals surface area contributed by atoms with Crippen LogP contribution in [0.1, 0.15) is 34.8 Å². The zero-order valence-corrected chi connectivity index (χ0v) is 13.6. The van der Waals surface area contributed by atoms with E-state index in [2.05, 4.69) is 15.4 Å². The summed E-state index contributed by atoms with van der Waals surface area (Å²) in [7, 11) is 0. The second-order valence-corrected chi connectivity index (χ2v) is 5.94. The molecule has 2 aromatic carbocycles. The quantitative estimate of drug-likeness (QED) is 0.799. The van der Waals surface area contributed by atoms with E-state index in [1.54, 1.807) is 17.1 Å². The molecule has 1 atom stereocenters. The Morgan fingerprint density at radius 3 is 3.00 bits per heavy atom. The molecule has 4 rings (SSSR count). The van der Waals surface area contributed by atoms with Crippen LogP contribution in [0.25, 0.3) is 5.69 Å². The lowest BCUT2D eigenvalue weighted by Gasteiger charge is -2.18. The van der Waals surface area contributed by atoms with Crippen LogP contribution in [0, 0.1) is 0 Å². The molecule has 0 spiro atoms. The van der Waals surface area contributed by atoms with Gasteiger partial charge < -0.3 is 10.1 Å². The van der Waals surface area contributed by atoms with Crippen molar-refractivity contribution in [1.29, 1.82) is 0 Å². The molecule has 0 unspecified atom stereocenters. The summed E-state index contributed by atoms with van der Waals surface area (Å²) in [6.45, 7) is 0.672. The van der Waals surface area contributed by atoms with Gasteiger partial charge in [-0.15, -0.1) is 0 Å². The highest BCUT2D eigenvalue weighted by Crippen LogP contribution is 2.31. The number of amides is 1. The average molecular weight is 334 g/mol. The molecule has 6 nitrogen and oxygen atoms in total. The number of benzene rings is 2. The highest BCUT2D eigenvalue weighted by Gasteiger charge is 2.21. The molecule has 1 aromatic heterocycles. The Labute approximate surface area is 145 Å². The third kappa shape index (κ3) is 3.24. The summed E-state index contributed by atoms with van der Waals surface area (Å²) in [5.41, 5.74) is 2.42. The number of aromatic nitrogens is 3. The van der Waals surface area contributed by atoms with Crippen LogP contribution >= 0.6 is 0 Å². The molecular formula is C19H18N4O2. The number of nitrogens with zero attached hydrogens (tertiary/aromatic N) is 3. The fraction of sp³-hybridized carbons (Fsp3) is 0.211. The number of hydrogen-bond donors (Lipinski definition) is 1. The molecule has 6 heteroatoms. The van der Waals surface area contributed by atoms with Crippen LogP contribution in [0.4, 0.5) is 0 Å². The van der Waals surface area contributed by atoms with Gasteiger partial charge in [-0.05, 0) is 37.1 Å². The zero-order chi connectivity index (χ0) is 17.1. The fourth-order valence-corrected chi connectivity index (χ4v) is 3.05. The van der Waals surface area contributed by atoms with Crippen LogP contribution in [0.2, 0.25) is 0 Å². The number of fused-ring (bicyclic) bond motifs is 1. The van der Waals surface area contributed by atoms with Gasteiger partial charge in [-0.1, -0.05) is 24.3 Å². The van der Waals surface area contributed by atoms with E-state index in [0.717, 1.165) is 29.8 Å². The van der Waals surface area contributed by atoms with Crippen molar-refractivity contribution in [2.75, 3.05) is 6.61 Å². The highest BCUT2D eigenvalue weighted by molar-refractivity contribution is 5.95. The van der Waals surface area contributed by atoms with E-state index in [9.17, 15) is 4.79 Å². The Bertz CT molecular complexity index is 877. The molecule has 0 saturated heterocycles. The Morgan fingerprint density at radius 1 is 1.20 bits per heavy atom. The third-order valence-corrected chi connectivity index (χ3v) is 4.29. The first-order chi connectivity index (χ1) is 12.3. The van der Waals surface area contributed by atoms with Gasteiger partial charge in [-0.3, -0.25) is 4.79 Å². The predicted molar refractivity (Wildman–Crippen MR) is 92.7 cm³/mol. The SMILES string of the molecule is O=C(N[C@@H]1CCCOc2ccccc21)c1cccc(-n2cncn2)c1. The molecule has 1 aliphatic rings. The summed E-state index contributed by atoms with van der Waals surface area (Å²) in [5.74, 6) is 0.741. The number of para-hydroxylation sites is 1. The normalized spacial score (nSPS) is 16.4. The molecular weight excluding hydrogens is 316 g/mol. The Kier molecular flexibility index (Phi) is 4.16. The standard InChI is InChI=1S/C19H18N4O2/c24-19(14-5-3-6-15(11-14)23-13-20-12-21-23)22-17-8-4-10-25-18-9-2-1-7-16(17)18/h1-3,5-7,9,11-13,17H,4,8,10H2,(H,22,24)/t17-/m1/s1. The van der Waals surface area contributed by atoms with Crippen molar-refractivity contribution in [3.05, 3.63) is 72.3 Å². The Morgan fingerprint density at radius 2 is 2.12 bits per heavy atom. The van der Waals surface area contributed by atoms with Gasteiger partial charge in [0, 0.05) is 11.1 Å². The molecule has 1 N–H and O–H groups in total. The molecule has 126 valence electrons. The molecule has 0 saturated carbocycles. The summed E-state index contributed by atoms with van der Waals surface area (Å²) in [6, 6.07) is 15.2. The predicted octanol–water partition coefficient (Wildman–Crippen LogP) is 2.91. The monoisotopic (exact) mass is 334 g/mol. The molecule has 25 heavy (non-hydrogen) atoms. The van der Waals surface area contributed by atoms with Crippen LogP contribution in [-0.2, 0) is 0 Å². The van der Waals surface area contributed by atoms with E-state index in [1.165, 1.54) is 6.33 Å². The van der Waals surface area contributed by atoms with Gasteiger partial charge in [-0.2, -0.15) is 5.10 Å². The zero-order valence-electron chi connectivity index (χ0n) is 13.6. The minimum Gasteiger partial charge on any atom is -0.493 e. The number of nitrogens with one attached hydrogen (secondary N) is 1. The summed E-state index contributed by atoms with van der Waals surface area (Å²) in [5, 5.41) is 7.24. The summed E-state index contributed by atoms with van der Waals surface area (Å²) >= 11 is 0. The van der Waals surface area contributed by atoms with Crippen molar-refractivity contribution >= 4 is 5.91 Å². The van der Waals surface area contributed by atoms with E-state index in [4.69, 9.17) is 4.74 Å². The minimum absolute atomic E-state index is 0.0544. The van der Waals surface area contributed by atoms with E-state index < -0.39 is 0 Å². The molecule has 0 radical (unpaired) electrons. The second kappa shape index (κ2) is 6.76. The number of carbonyl (C=O) groups is 1. The lowest BCUT2D eigenvalue weighted by Crippen LogP contribution is -2.28. The molecule has 0 fully saturated rings. The van der Waals surface area contributed by atoms with E-state index in [-0.39, 0.29) is 11.9 Å². The van der Waals surface area contributed by atoms with E-state index in [0.29, 0.717) is 12.2 Å². The van der Waals surface area contributed by atoms with Gasteiger partial charge in [0.15, 0.2) is 0 Å². The lowest BCUT2D eigenvalue weighted by atomic mass is 10.0. The number of rotatable bonds is 3. The van der Waals surface area contributed by atoms with Crippen molar-refractivity contribution in [2.24, 2.45) is 0 Å². The molecule has 0 aliphatic carbocycles. The van der Waals surface area contributed by atoms with Crippen molar-refractivity contribution in [3.8, 4) is 11.4 Å². The maximum absolute atomic E-state index is 12.8. The summed E-state index contributed by atoms with van der Waals surface area (Å²) in [6.07, 6.45) is 4.83. The maximum atomic E-state index is 12.8. The smallest absolute Gasteiger partial charge is 0.251 e. The van der Waals surface area contributed by atoms with Crippen LogP contribution in [0.5, 0.6) is 5.75 Å². The highest BCUT2D eigenvalue weighted by atomic mass is 16.5. The second-order valence-electron chi connectivity index (χ2n) is 5.94. The van der Waals surface area contributed by atoms with Gasteiger partial charge in [0.1, 0.15) is 18.4 Å². The topological polar surface area (TPSA) is 69.0 Å². The van der Waals surface area contributed by atoms with Crippen LogP contribution in [0.15, 0.2) is 61.2 Å². The van der Waals surface area contributed by atoms with Gasteiger partial charge in [0.05, 0.1) is 18.3 Å². The minimum atomic E-state index is -0.108. The van der Waals surface area contributed by atoms with Crippen LogP contribution in [-0.4, -0.2) is 27.3 Å². The average Bonchev–Trinajstić information content (AvgIpc) is 3.12. The van der Waals surface area contributed by atoms with E-state index >= 15 is 0 Å². The number of carbonyl (C=O) groups excluding carboxylic acids is 1. The Hall–Kier alpha value is -3.15. The van der Waals surface area contributed by atoms with Crippen LogP contribution in [0.3, 0.4) is 0 Å². The number of hydrogen-bond acceptors (Lipinski definition) is 4. The van der Waals surface area contributed by atoms with Crippen molar-refractivity contribution < 1.29 is 9.53 Å². The summed E-state index contributed by atoms with van der Waals surface area (Å²) < 4.78 is 7.39. The maximum Gasteiger partial charge on any atom is 0.251 e. The first-order valence-electron chi connectivity index (χ1n) is 8.29. The van der Waals surface area contributed by atoms with Crippen molar-refractivity contribution in [3.63, 3.8) is 0 Å². The Balaban J connectivity index is 1.57. The van der Waals surface area contributed by atoms with Gasteiger partial charge >= 0.3 is 0 Å². The van der Waals surface area contributed by atoms with Gasteiger partial charge in [0.25, 0.3) is 5.91 Å². The molecule has 2 heterocycles. The first kappa shape index (κ1) is 15.4. The van der Waals surface area contributed by atoms with E-state index in [1.807, 2.05) is 42.5 Å².